The van der Waals surface area contributed by atoms with Crippen molar-refractivity contribution < 1.29 is 0 Å². The Labute approximate surface area is 76.1 Å². The van der Waals surface area contributed by atoms with Gasteiger partial charge in [0.15, 0.2) is 0 Å². The first-order valence-corrected chi connectivity index (χ1v) is 5.63. The molecule has 0 unspecified atom stereocenters. The molecule has 0 aliphatic carbocycles. The van der Waals surface area contributed by atoms with Crippen molar-refractivity contribution in [3.8, 4) is 0 Å². The van der Waals surface area contributed by atoms with Crippen LogP contribution >= 0.6 is 11.8 Å². The molecular weight excluding hydrogens is 152 g/mol. The fourth-order valence-electron chi connectivity index (χ4n) is 0.646. The average molecular weight is 174 g/mol. The number of hydrogen-bond acceptors (Lipinski definition) is 1. The number of rotatable bonds is 5. The number of thioether (sulfide) groups is 1. The van der Waals surface area contributed by atoms with Crippen molar-refractivity contribution in [1.82, 2.24) is 0 Å². The van der Waals surface area contributed by atoms with Crippen LogP contribution in [-0.4, -0.2) is 10.5 Å². The molecule has 0 rings (SSSR count). The first-order valence-electron chi connectivity index (χ1n) is 4.64. The molecule has 0 saturated carbocycles. The summed E-state index contributed by atoms with van der Waals surface area (Å²) >= 11 is 2.11. The Kier molecular flexibility index (Phi) is 5.24. The first kappa shape index (κ1) is 11.4. The highest BCUT2D eigenvalue weighted by Crippen LogP contribution is 2.32. The van der Waals surface area contributed by atoms with Crippen LogP contribution in [0.25, 0.3) is 0 Å². The third-order valence-corrected chi connectivity index (χ3v) is 4.07. The molecule has 0 aliphatic heterocycles. The van der Waals surface area contributed by atoms with Crippen molar-refractivity contribution in [2.24, 2.45) is 5.92 Å². The van der Waals surface area contributed by atoms with E-state index in [0.717, 1.165) is 5.92 Å². The zero-order chi connectivity index (χ0) is 8.91. The van der Waals surface area contributed by atoms with Crippen molar-refractivity contribution in [2.45, 2.75) is 52.2 Å². The Morgan fingerprint density at radius 1 is 1.27 bits per heavy atom. The second-order valence-electron chi connectivity index (χ2n) is 3.96. The van der Waals surface area contributed by atoms with Crippen LogP contribution in [0.4, 0.5) is 0 Å². The highest BCUT2D eigenvalue weighted by Gasteiger charge is 2.21. The molecule has 1 heteroatoms. The number of hydrogen-bond donors (Lipinski definition) is 0. The van der Waals surface area contributed by atoms with Gasteiger partial charge in [-0.2, -0.15) is 11.8 Å². The maximum Gasteiger partial charge on any atom is 0.0126 e. The fourth-order valence-corrected chi connectivity index (χ4v) is 1.94. The third-order valence-electron chi connectivity index (χ3n) is 2.36. The molecule has 0 aromatic heterocycles. The second-order valence-corrected chi connectivity index (χ2v) is 5.71. The minimum absolute atomic E-state index is 0.467. The summed E-state index contributed by atoms with van der Waals surface area (Å²) < 4.78 is 0.467. The molecule has 68 valence electrons. The summed E-state index contributed by atoms with van der Waals surface area (Å²) in [5.74, 6) is 2.10. The Hall–Kier alpha value is 0.350. The van der Waals surface area contributed by atoms with Crippen LogP contribution in [0, 0.1) is 5.92 Å². The van der Waals surface area contributed by atoms with Gasteiger partial charge < -0.3 is 0 Å². The normalized spacial score (nSPS) is 12.5. The molecule has 0 saturated heterocycles. The SMILES string of the molecule is CCCCSC(C)(C)C(C)C. The van der Waals surface area contributed by atoms with E-state index in [4.69, 9.17) is 0 Å². The zero-order valence-corrected chi connectivity index (χ0v) is 9.42. The molecular formula is C10H22S. The number of unbranched alkanes of at least 4 members (excludes halogenated alkanes) is 1. The van der Waals surface area contributed by atoms with Crippen LogP contribution in [0.2, 0.25) is 0 Å². The lowest BCUT2D eigenvalue weighted by molar-refractivity contribution is 0.503. The Bertz CT molecular complexity index is 95.0. The molecule has 0 nitrogen and oxygen atoms in total. The highest BCUT2D eigenvalue weighted by atomic mass is 32.2. The molecule has 0 heterocycles. The highest BCUT2D eigenvalue weighted by molar-refractivity contribution is 8.00. The average Bonchev–Trinajstić information content (AvgIpc) is 1.88. The first-order chi connectivity index (χ1) is 5.00. The molecule has 11 heavy (non-hydrogen) atoms. The van der Waals surface area contributed by atoms with Crippen LogP contribution in [0.5, 0.6) is 0 Å². The van der Waals surface area contributed by atoms with Crippen molar-refractivity contribution in [2.75, 3.05) is 5.75 Å². The Morgan fingerprint density at radius 2 is 1.82 bits per heavy atom. The van der Waals surface area contributed by atoms with Gasteiger partial charge in [0.05, 0.1) is 0 Å². The van der Waals surface area contributed by atoms with Crippen LogP contribution in [-0.2, 0) is 0 Å². The van der Waals surface area contributed by atoms with Crippen molar-refractivity contribution in [1.29, 1.82) is 0 Å². The van der Waals surface area contributed by atoms with E-state index in [-0.39, 0.29) is 0 Å². The van der Waals surface area contributed by atoms with Crippen LogP contribution in [0.1, 0.15) is 47.5 Å². The molecule has 0 radical (unpaired) electrons. The van der Waals surface area contributed by atoms with Gasteiger partial charge in [-0.3, -0.25) is 0 Å². The molecule has 0 aromatic rings. The lowest BCUT2D eigenvalue weighted by Crippen LogP contribution is -2.23. The smallest absolute Gasteiger partial charge is 0.0126 e. The second kappa shape index (κ2) is 5.08. The van der Waals surface area contributed by atoms with Gasteiger partial charge in [0, 0.05) is 4.75 Å². The van der Waals surface area contributed by atoms with Gasteiger partial charge in [0.25, 0.3) is 0 Å². The summed E-state index contributed by atoms with van der Waals surface area (Å²) in [7, 11) is 0. The van der Waals surface area contributed by atoms with Gasteiger partial charge in [0.1, 0.15) is 0 Å². The van der Waals surface area contributed by atoms with Crippen LogP contribution < -0.4 is 0 Å². The standard InChI is InChI=1S/C10H22S/c1-6-7-8-11-10(4,5)9(2)3/h9H,6-8H2,1-5H3. The summed E-state index contributed by atoms with van der Waals surface area (Å²) in [4.78, 5) is 0. The summed E-state index contributed by atoms with van der Waals surface area (Å²) in [5.41, 5.74) is 0. The van der Waals surface area contributed by atoms with Gasteiger partial charge >= 0.3 is 0 Å². The zero-order valence-electron chi connectivity index (χ0n) is 8.61. The van der Waals surface area contributed by atoms with E-state index in [9.17, 15) is 0 Å². The molecule has 0 bridgehead atoms. The van der Waals surface area contributed by atoms with Crippen molar-refractivity contribution in [3.63, 3.8) is 0 Å². The van der Waals surface area contributed by atoms with E-state index in [1.807, 2.05) is 0 Å². The van der Waals surface area contributed by atoms with Crippen molar-refractivity contribution in [3.05, 3.63) is 0 Å². The third kappa shape index (κ3) is 4.73. The summed E-state index contributed by atoms with van der Waals surface area (Å²) in [6.07, 6.45) is 2.68. The van der Waals surface area contributed by atoms with E-state index >= 15 is 0 Å². The topological polar surface area (TPSA) is 0 Å². The van der Waals surface area contributed by atoms with Gasteiger partial charge in [-0.25, -0.2) is 0 Å². The Morgan fingerprint density at radius 3 is 2.18 bits per heavy atom. The van der Waals surface area contributed by atoms with E-state index in [0.29, 0.717) is 4.75 Å². The van der Waals surface area contributed by atoms with E-state index < -0.39 is 0 Å². The molecule has 0 aromatic carbocycles. The summed E-state index contributed by atoms with van der Waals surface area (Å²) in [5, 5.41) is 0. The lowest BCUT2D eigenvalue weighted by Gasteiger charge is -2.28. The predicted molar refractivity (Wildman–Crippen MR) is 56.3 cm³/mol. The summed E-state index contributed by atoms with van der Waals surface area (Å²) in [6, 6.07) is 0. The van der Waals surface area contributed by atoms with Gasteiger partial charge in [-0.1, -0.05) is 41.0 Å². The van der Waals surface area contributed by atoms with Gasteiger partial charge in [0.2, 0.25) is 0 Å². The Balaban J connectivity index is 3.55. The molecule has 0 fully saturated rings. The van der Waals surface area contributed by atoms with E-state index in [2.05, 4.69) is 46.4 Å². The molecule has 0 N–H and O–H groups in total. The van der Waals surface area contributed by atoms with Gasteiger partial charge in [-0.15, -0.1) is 0 Å². The van der Waals surface area contributed by atoms with Crippen LogP contribution in [0.15, 0.2) is 0 Å². The maximum absolute atomic E-state index is 2.35. The van der Waals surface area contributed by atoms with Gasteiger partial charge in [-0.05, 0) is 18.1 Å². The molecule has 0 amide bonds. The predicted octanol–water partition coefficient (Wildman–Crippen LogP) is 3.95. The lowest BCUT2D eigenvalue weighted by atomic mass is 10.00. The van der Waals surface area contributed by atoms with E-state index in [1.54, 1.807) is 0 Å². The fraction of sp³-hybridized carbons (Fsp3) is 1.00. The molecule has 0 spiro atoms. The largest absolute Gasteiger partial charge is 0.155 e. The van der Waals surface area contributed by atoms with E-state index in [1.165, 1.54) is 18.6 Å². The minimum atomic E-state index is 0.467. The summed E-state index contributed by atoms with van der Waals surface area (Å²) in [6.45, 7) is 11.6. The van der Waals surface area contributed by atoms with Crippen molar-refractivity contribution >= 4 is 11.8 Å². The van der Waals surface area contributed by atoms with Crippen LogP contribution in [0.3, 0.4) is 0 Å². The molecule has 0 atom stereocenters. The molecule has 0 aliphatic rings. The monoisotopic (exact) mass is 174 g/mol. The minimum Gasteiger partial charge on any atom is -0.155 e. The quantitative estimate of drug-likeness (QED) is 0.569. The maximum atomic E-state index is 2.35.